The summed E-state index contributed by atoms with van der Waals surface area (Å²) in [6.07, 6.45) is 3.52. The first-order chi connectivity index (χ1) is 12.3. The molecule has 1 atom stereocenters. The number of nitrogens with zero attached hydrogens (tertiary/aromatic N) is 2. The van der Waals surface area contributed by atoms with Gasteiger partial charge in [0, 0.05) is 18.1 Å². The van der Waals surface area contributed by atoms with Crippen molar-refractivity contribution in [1.82, 2.24) is 9.88 Å². The quantitative estimate of drug-likeness (QED) is 0.697. The van der Waals surface area contributed by atoms with Gasteiger partial charge in [0.05, 0.1) is 11.6 Å². The molecule has 126 valence electrons. The average molecular weight is 332 g/mol. The number of carbonyl (C=O) groups excluding carboxylic acids is 1. The van der Waals surface area contributed by atoms with Crippen molar-refractivity contribution in [2.45, 2.75) is 25.5 Å². The first kappa shape index (κ1) is 15.6. The van der Waals surface area contributed by atoms with Crippen LogP contribution in [0.2, 0.25) is 0 Å². The summed E-state index contributed by atoms with van der Waals surface area (Å²) < 4.78 is 5.53. The third kappa shape index (κ3) is 3.33. The Hall–Kier alpha value is -2.88. The van der Waals surface area contributed by atoms with Crippen LogP contribution in [0.25, 0.3) is 10.9 Å². The minimum atomic E-state index is -0.238. The summed E-state index contributed by atoms with van der Waals surface area (Å²) in [5.41, 5.74) is 3.13. The Morgan fingerprint density at radius 1 is 1.12 bits per heavy atom. The van der Waals surface area contributed by atoms with Crippen LogP contribution in [-0.4, -0.2) is 22.5 Å². The molecule has 0 spiro atoms. The van der Waals surface area contributed by atoms with Crippen molar-refractivity contribution in [2.24, 2.45) is 0 Å². The van der Waals surface area contributed by atoms with Crippen molar-refractivity contribution in [3.63, 3.8) is 0 Å². The van der Waals surface area contributed by atoms with E-state index >= 15 is 0 Å². The van der Waals surface area contributed by atoms with E-state index in [0.29, 0.717) is 6.61 Å². The number of aromatic nitrogens is 1. The topological polar surface area (TPSA) is 42.4 Å². The van der Waals surface area contributed by atoms with Crippen LogP contribution in [0, 0.1) is 0 Å². The highest BCUT2D eigenvalue weighted by molar-refractivity contribution is 5.79. The van der Waals surface area contributed by atoms with Crippen molar-refractivity contribution >= 4 is 17.0 Å². The number of carbonyl (C=O) groups is 1. The van der Waals surface area contributed by atoms with Crippen LogP contribution in [0.15, 0.2) is 66.9 Å². The Balaban J connectivity index is 1.50. The molecule has 4 nitrogen and oxygen atoms in total. The number of likely N-dealkylation sites (tertiary alicyclic amines) is 1. The van der Waals surface area contributed by atoms with E-state index in [4.69, 9.17) is 4.74 Å². The molecule has 0 N–H and O–H groups in total. The van der Waals surface area contributed by atoms with Gasteiger partial charge in [-0.3, -0.25) is 4.98 Å². The van der Waals surface area contributed by atoms with E-state index in [-0.39, 0.29) is 12.1 Å². The van der Waals surface area contributed by atoms with E-state index in [1.165, 1.54) is 0 Å². The normalized spacial score (nSPS) is 17.0. The predicted octanol–water partition coefficient (Wildman–Crippen LogP) is 4.71. The Kier molecular flexibility index (Phi) is 4.34. The summed E-state index contributed by atoms with van der Waals surface area (Å²) >= 11 is 0. The van der Waals surface area contributed by atoms with Gasteiger partial charge in [-0.2, -0.15) is 0 Å². The number of pyridine rings is 1. The lowest BCUT2D eigenvalue weighted by Crippen LogP contribution is -2.31. The zero-order valence-electron chi connectivity index (χ0n) is 14.0. The van der Waals surface area contributed by atoms with Crippen molar-refractivity contribution in [3.05, 3.63) is 78.0 Å². The summed E-state index contributed by atoms with van der Waals surface area (Å²) in [5.74, 6) is 0. The Bertz CT molecular complexity index is 879. The lowest BCUT2D eigenvalue weighted by molar-refractivity contribution is 0.0921. The number of hydrogen-bond acceptors (Lipinski definition) is 3. The van der Waals surface area contributed by atoms with Crippen LogP contribution in [0.4, 0.5) is 4.79 Å². The van der Waals surface area contributed by atoms with Gasteiger partial charge in [-0.1, -0.05) is 42.5 Å². The number of rotatable bonds is 3. The maximum atomic E-state index is 12.6. The molecule has 4 heteroatoms. The average Bonchev–Trinajstić information content (AvgIpc) is 3.16. The maximum Gasteiger partial charge on any atom is 0.410 e. The summed E-state index contributed by atoms with van der Waals surface area (Å²) in [5, 5.41) is 1.10. The van der Waals surface area contributed by atoms with E-state index in [1.807, 2.05) is 47.4 Å². The van der Waals surface area contributed by atoms with Gasteiger partial charge in [0.2, 0.25) is 0 Å². The Labute approximate surface area is 147 Å². The van der Waals surface area contributed by atoms with Gasteiger partial charge < -0.3 is 9.64 Å². The molecule has 0 radical (unpaired) electrons. The van der Waals surface area contributed by atoms with Crippen molar-refractivity contribution in [3.8, 4) is 0 Å². The van der Waals surface area contributed by atoms with Crippen molar-refractivity contribution < 1.29 is 9.53 Å². The highest BCUT2D eigenvalue weighted by atomic mass is 16.6. The molecule has 0 saturated carbocycles. The number of hydrogen-bond donors (Lipinski definition) is 0. The fourth-order valence-corrected chi connectivity index (χ4v) is 3.44. The molecule has 1 aromatic heterocycles. The van der Waals surface area contributed by atoms with Crippen LogP contribution in [0.5, 0.6) is 0 Å². The van der Waals surface area contributed by atoms with E-state index in [2.05, 4.69) is 23.2 Å². The fraction of sp³-hybridized carbons (Fsp3) is 0.238. The first-order valence-electron chi connectivity index (χ1n) is 8.63. The summed E-state index contributed by atoms with van der Waals surface area (Å²) in [7, 11) is 0. The zero-order valence-corrected chi connectivity index (χ0v) is 14.0. The maximum absolute atomic E-state index is 12.6. The van der Waals surface area contributed by atoms with Gasteiger partial charge in [0.25, 0.3) is 0 Å². The summed E-state index contributed by atoms with van der Waals surface area (Å²) in [6.45, 7) is 1.05. The molecule has 1 unspecified atom stereocenters. The van der Waals surface area contributed by atoms with Gasteiger partial charge >= 0.3 is 6.09 Å². The zero-order chi connectivity index (χ0) is 17.1. The second-order valence-electron chi connectivity index (χ2n) is 6.35. The van der Waals surface area contributed by atoms with Crippen LogP contribution in [0.1, 0.15) is 30.0 Å². The third-order valence-electron chi connectivity index (χ3n) is 4.70. The molecule has 1 amide bonds. The molecule has 25 heavy (non-hydrogen) atoms. The summed E-state index contributed by atoms with van der Waals surface area (Å²) in [6, 6.07) is 20.1. The van der Waals surface area contributed by atoms with Gasteiger partial charge in [0.1, 0.15) is 6.61 Å². The second kappa shape index (κ2) is 6.93. The van der Waals surface area contributed by atoms with Crippen LogP contribution in [-0.2, 0) is 11.3 Å². The van der Waals surface area contributed by atoms with Gasteiger partial charge in [-0.15, -0.1) is 0 Å². The molecular weight excluding hydrogens is 312 g/mol. The van der Waals surface area contributed by atoms with Crippen LogP contribution >= 0.6 is 0 Å². The number of ether oxygens (including phenoxy) is 1. The molecule has 0 bridgehead atoms. The fourth-order valence-electron chi connectivity index (χ4n) is 3.44. The third-order valence-corrected chi connectivity index (χ3v) is 4.70. The van der Waals surface area contributed by atoms with E-state index < -0.39 is 0 Å². The van der Waals surface area contributed by atoms with E-state index in [1.54, 1.807) is 6.20 Å². The highest BCUT2D eigenvalue weighted by Crippen LogP contribution is 2.33. The van der Waals surface area contributed by atoms with Crippen molar-refractivity contribution in [2.75, 3.05) is 6.54 Å². The molecule has 1 aliphatic rings. The number of amides is 1. The molecular formula is C21H20N2O2. The molecule has 0 aliphatic carbocycles. The van der Waals surface area contributed by atoms with Gasteiger partial charge in [-0.05, 0) is 42.2 Å². The van der Waals surface area contributed by atoms with Gasteiger partial charge in [-0.25, -0.2) is 4.79 Å². The first-order valence-corrected chi connectivity index (χ1v) is 8.63. The molecule has 2 heterocycles. The van der Waals surface area contributed by atoms with Crippen LogP contribution in [0.3, 0.4) is 0 Å². The van der Waals surface area contributed by atoms with Crippen molar-refractivity contribution in [1.29, 1.82) is 0 Å². The SMILES string of the molecule is O=C(OCc1ccccc1)N1CCCC1c1ccc2ncccc2c1. The predicted molar refractivity (Wildman–Crippen MR) is 97.1 cm³/mol. The Morgan fingerprint density at radius 3 is 2.88 bits per heavy atom. The molecule has 1 saturated heterocycles. The lowest BCUT2D eigenvalue weighted by atomic mass is 10.0. The van der Waals surface area contributed by atoms with E-state index in [0.717, 1.165) is 41.4 Å². The smallest absolute Gasteiger partial charge is 0.410 e. The second-order valence-corrected chi connectivity index (χ2v) is 6.35. The number of benzene rings is 2. The molecule has 1 fully saturated rings. The Morgan fingerprint density at radius 2 is 2.00 bits per heavy atom. The molecule has 3 aromatic rings. The molecule has 1 aliphatic heterocycles. The monoisotopic (exact) mass is 332 g/mol. The summed E-state index contributed by atoms with van der Waals surface area (Å²) in [4.78, 5) is 18.8. The highest BCUT2D eigenvalue weighted by Gasteiger charge is 2.31. The minimum absolute atomic E-state index is 0.0767. The minimum Gasteiger partial charge on any atom is -0.445 e. The molecule has 4 rings (SSSR count). The van der Waals surface area contributed by atoms with Crippen LogP contribution < -0.4 is 0 Å². The lowest BCUT2D eigenvalue weighted by Gasteiger charge is -2.24. The standard InChI is InChI=1S/C21H20N2O2/c24-21(25-15-16-6-2-1-3-7-16)23-13-5-9-20(23)18-10-11-19-17(14-18)8-4-12-22-19/h1-4,6-8,10-12,14,20H,5,9,13,15H2. The van der Waals surface area contributed by atoms with E-state index in [9.17, 15) is 4.79 Å². The number of fused-ring (bicyclic) bond motifs is 1. The van der Waals surface area contributed by atoms with Gasteiger partial charge in [0.15, 0.2) is 0 Å². The largest absolute Gasteiger partial charge is 0.445 e. The molecule has 2 aromatic carbocycles.